The van der Waals surface area contributed by atoms with Crippen molar-refractivity contribution in [3.05, 3.63) is 29.2 Å². The largest absolute Gasteiger partial charge is 0.380 e. The third-order valence-corrected chi connectivity index (χ3v) is 6.64. The zero-order chi connectivity index (χ0) is 17.0. The van der Waals surface area contributed by atoms with E-state index in [1.54, 1.807) is 6.07 Å². The molecule has 0 spiro atoms. The Kier molecular flexibility index (Phi) is 3.62. The first kappa shape index (κ1) is 16.5. The van der Waals surface area contributed by atoms with Gasteiger partial charge >= 0.3 is 10.3 Å². The van der Waals surface area contributed by atoms with E-state index >= 15 is 0 Å². The van der Waals surface area contributed by atoms with Gasteiger partial charge in [-0.15, -0.1) is 0 Å². The SMILES string of the molecule is CC1(C)CCCC1C1=CS(=O)(=O)c2cc(OS(N)(=O)=O)ccc21. The standard InChI is InChI=1S/C15H19NO5S2/c1-15(2)7-3-4-13(15)12-9-22(17,18)14-8-10(5-6-11(12)14)21-23(16,19)20/h5-6,8-9,13H,3-4,7H2,1-2H3,(H2,16,19,20). The maximum Gasteiger partial charge on any atom is 0.380 e. The van der Waals surface area contributed by atoms with Crippen LogP contribution in [0.5, 0.6) is 5.75 Å². The zero-order valence-electron chi connectivity index (χ0n) is 12.9. The summed E-state index contributed by atoms with van der Waals surface area (Å²) in [5.41, 5.74) is 1.48. The maximum atomic E-state index is 12.4. The third kappa shape index (κ3) is 3.02. The minimum atomic E-state index is -4.19. The monoisotopic (exact) mass is 357 g/mol. The van der Waals surface area contributed by atoms with E-state index in [0.29, 0.717) is 5.56 Å². The number of nitrogens with two attached hydrogens (primary N) is 1. The Morgan fingerprint density at radius 2 is 2.00 bits per heavy atom. The summed E-state index contributed by atoms with van der Waals surface area (Å²) in [4.78, 5) is 0.0800. The number of sulfone groups is 1. The van der Waals surface area contributed by atoms with Crippen LogP contribution in [0.15, 0.2) is 28.5 Å². The van der Waals surface area contributed by atoms with Crippen molar-refractivity contribution in [3.63, 3.8) is 0 Å². The number of allylic oxidation sites excluding steroid dienone is 1. The van der Waals surface area contributed by atoms with Crippen LogP contribution in [0.25, 0.3) is 5.57 Å². The van der Waals surface area contributed by atoms with Crippen LogP contribution in [0.3, 0.4) is 0 Å². The third-order valence-electron chi connectivity index (χ3n) is 4.70. The second kappa shape index (κ2) is 5.06. The van der Waals surface area contributed by atoms with Gasteiger partial charge in [-0.2, -0.15) is 13.6 Å². The molecule has 1 heterocycles. The van der Waals surface area contributed by atoms with E-state index in [0.717, 1.165) is 24.8 Å². The van der Waals surface area contributed by atoms with Crippen molar-refractivity contribution in [2.45, 2.75) is 38.0 Å². The van der Waals surface area contributed by atoms with Crippen LogP contribution in [-0.4, -0.2) is 16.8 Å². The molecule has 0 aromatic heterocycles. The topological polar surface area (TPSA) is 104 Å². The van der Waals surface area contributed by atoms with Gasteiger partial charge in [0, 0.05) is 11.5 Å². The Balaban J connectivity index is 2.07. The summed E-state index contributed by atoms with van der Waals surface area (Å²) in [6.07, 6.45) is 3.07. The molecule has 1 aliphatic heterocycles. The lowest BCUT2D eigenvalue weighted by Gasteiger charge is -2.28. The van der Waals surface area contributed by atoms with Crippen LogP contribution in [-0.2, 0) is 20.1 Å². The van der Waals surface area contributed by atoms with Gasteiger partial charge in [-0.25, -0.2) is 8.42 Å². The zero-order valence-corrected chi connectivity index (χ0v) is 14.6. The fraction of sp³-hybridized carbons (Fsp3) is 0.467. The van der Waals surface area contributed by atoms with E-state index < -0.39 is 20.1 Å². The Morgan fingerprint density at radius 3 is 2.57 bits per heavy atom. The molecule has 0 amide bonds. The van der Waals surface area contributed by atoms with Crippen molar-refractivity contribution in [1.82, 2.24) is 0 Å². The molecule has 1 fully saturated rings. The first-order chi connectivity index (χ1) is 10.5. The minimum absolute atomic E-state index is 0.0404. The van der Waals surface area contributed by atoms with Crippen LogP contribution in [0, 0.1) is 11.3 Å². The number of fused-ring (bicyclic) bond motifs is 1. The predicted octanol–water partition coefficient (Wildman–Crippen LogP) is 2.22. The Bertz CT molecular complexity index is 898. The molecule has 1 atom stereocenters. The first-order valence-corrected chi connectivity index (χ1v) is 10.3. The highest BCUT2D eigenvalue weighted by Crippen LogP contribution is 2.52. The van der Waals surface area contributed by atoms with E-state index in [1.807, 2.05) is 0 Å². The summed E-state index contributed by atoms with van der Waals surface area (Å²) in [7, 11) is -7.79. The predicted molar refractivity (Wildman–Crippen MR) is 86.5 cm³/mol. The van der Waals surface area contributed by atoms with E-state index in [1.165, 1.54) is 17.5 Å². The molecule has 1 aliphatic carbocycles. The molecule has 1 aromatic carbocycles. The molecule has 2 N–H and O–H groups in total. The number of hydrogen-bond donors (Lipinski definition) is 1. The van der Waals surface area contributed by atoms with Gasteiger partial charge in [-0.05, 0) is 47.4 Å². The van der Waals surface area contributed by atoms with Crippen molar-refractivity contribution >= 4 is 25.7 Å². The molecule has 6 nitrogen and oxygen atoms in total. The van der Waals surface area contributed by atoms with E-state index in [-0.39, 0.29) is 22.0 Å². The number of rotatable bonds is 3. The maximum absolute atomic E-state index is 12.4. The smallest absolute Gasteiger partial charge is 0.371 e. The van der Waals surface area contributed by atoms with Gasteiger partial charge in [0.05, 0.1) is 4.90 Å². The fourth-order valence-electron chi connectivity index (χ4n) is 3.63. The van der Waals surface area contributed by atoms with Crippen molar-refractivity contribution in [2.24, 2.45) is 16.5 Å². The molecule has 2 aliphatic rings. The van der Waals surface area contributed by atoms with Crippen molar-refractivity contribution in [3.8, 4) is 5.75 Å². The van der Waals surface area contributed by atoms with Gasteiger partial charge < -0.3 is 4.18 Å². The second-order valence-corrected chi connectivity index (χ2v) is 9.70. The van der Waals surface area contributed by atoms with Gasteiger partial charge in [0.15, 0.2) is 0 Å². The Morgan fingerprint density at radius 1 is 1.30 bits per heavy atom. The summed E-state index contributed by atoms with van der Waals surface area (Å²) in [5.74, 6) is 0.0682. The molecule has 1 unspecified atom stereocenters. The molecule has 1 saturated carbocycles. The van der Waals surface area contributed by atoms with Crippen LogP contribution < -0.4 is 9.32 Å². The highest BCUT2D eigenvalue weighted by atomic mass is 32.2. The van der Waals surface area contributed by atoms with Crippen LogP contribution in [0.1, 0.15) is 38.7 Å². The van der Waals surface area contributed by atoms with Crippen molar-refractivity contribution in [2.75, 3.05) is 0 Å². The number of benzene rings is 1. The summed E-state index contributed by atoms with van der Waals surface area (Å²) in [6, 6.07) is 4.25. The molecule has 23 heavy (non-hydrogen) atoms. The van der Waals surface area contributed by atoms with Crippen LogP contribution >= 0.6 is 0 Å². The van der Waals surface area contributed by atoms with Gasteiger partial charge in [0.25, 0.3) is 0 Å². The molecular formula is C15H19NO5S2. The average Bonchev–Trinajstić information content (AvgIpc) is 2.85. The van der Waals surface area contributed by atoms with Gasteiger partial charge in [0.1, 0.15) is 5.75 Å². The molecule has 8 heteroatoms. The van der Waals surface area contributed by atoms with Crippen LogP contribution in [0.4, 0.5) is 0 Å². The molecule has 126 valence electrons. The molecule has 0 bridgehead atoms. The quantitative estimate of drug-likeness (QED) is 0.893. The molecule has 0 saturated heterocycles. The van der Waals surface area contributed by atoms with Crippen molar-refractivity contribution in [1.29, 1.82) is 0 Å². The molecule has 3 rings (SSSR count). The molecule has 1 aromatic rings. The van der Waals surface area contributed by atoms with E-state index in [2.05, 4.69) is 18.0 Å². The highest BCUT2D eigenvalue weighted by molar-refractivity contribution is 7.95. The molecular weight excluding hydrogens is 338 g/mol. The molecule has 0 radical (unpaired) electrons. The average molecular weight is 357 g/mol. The summed E-state index contributed by atoms with van der Waals surface area (Å²) >= 11 is 0. The van der Waals surface area contributed by atoms with E-state index in [4.69, 9.17) is 5.14 Å². The summed E-state index contributed by atoms with van der Waals surface area (Å²) in [6.45, 7) is 4.29. The lowest BCUT2D eigenvalue weighted by molar-refractivity contribution is 0.318. The van der Waals surface area contributed by atoms with Gasteiger partial charge in [0.2, 0.25) is 9.84 Å². The van der Waals surface area contributed by atoms with Crippen molar-refractivity contribution < 1.29 is 21.0 Å². The Labute approximate surface area is 136 Å². The normalized spacial score (nSPS) is 25.0. The fourth-order valence-corrected chi connectivity index (χ4v) is 5.53. The number of hydrogen-bond acceptors (Lipinski definition) is 5. The summed E-state index contributed by atoms with van der Waals surface area (Å²) in [5, 5.41) is 6.15. The van der Waals surface area contributed by atoms with E-state index in [9.17, 15) is 16.8 Å². The lowest BCUT2D eigenvalue weighted by atomic mass is 9.76. The highest BCUT2D eigenvalue weighted by Gasteiger charge is 2.41. The summed E-state index contributed by atoms with van der Waals surface area (Å²) < 4.78 is 51.5. The van der Waals surface area contributed by atoms with Gasteiger partial charge in [-0.3, -0.25) is 0 Å². The second-order valence-electron chi connectivity index (χ2n) is 6.79. The van der Waals surface area contributed by atoms with Gasteiger partial charge in [-0.1, -0.05) is 20.3 Å². The Hall–Kier alpha value is -1.38. The first-order valence-electron chi connectivity index (χ1n) is 7.33. The lowest BCUT2D eigenvalue weighted by Crippen LogP contribution is -2.19. The van der Waals surface area contributed by atoms with Crippen LogP contribution in [0.2, 0.25) is 0 Å². The minimum Gasteiger partial charge on any atom is -0.371 e.